The summed E-state index contributed by atoms with van der Waals surface area (Å²) < 4.78 is 11.7. The Hall–Kier alpha value is -2.29. The van der Waals surface area contributed by atoms with Crippen molar-refractivity contribution in [3.63, 3.8) is 0 Å². The van der Waals surface area contributed by atoms with Gasteiger partial charge in [0, 0.05) is 15.5 Å². The first kappa shape index (κ1) is 22.9. The molecule has 1 fully saturated rings. The molecular formula is C25H24O5S2. The van der Waals surface area contributed by atoms with Gasteiger partial charge in [-0.05, 0) is 36.4 Å². The fourth-order valence-electron chi connectivity index (χ4n) is 3.39. The molecule has 3 aromatic carbocycles. The van der Waals surface area contributed by atoms with Crippen LogP contribution in [0, 0.1) is 0 Å². The number of hydrogen-bond donors (Lipinski definition) is 2. The molecule has 0 spiro atoms. The summed E-state index contributed by atoms with van der Waals surface area (Å²) in [6.07, 6.45) is -3.53. The van der Waals surface area contributed by atoms with Crippen molar-refractivity contribution in [2.75, 3.05) is 12.4 Å². The first-order valence-corrected chi connectivity index (χ1v) is 12.1. The van der Waals surface area contributed by atoms with Crippen LogP contribution >= 0.6 is 23.5 Å². The highest BCUT2D eigenvalue weighted by Crippen LogP contribution is 2.44. The van der Waals surface area contributed by atoms with Gasteiger partial charge in [0.25, 0.3) is 0 Å². The van der Waals surface area contributed by atoms with Gasteiger partial charge in [-0.15, -0.1) is 11.8 Å². The third-order valence-corrected chi connectivity index (χ3v) is 7.85. The molecule has 5 nitrogen and oxygen atoms in total. The summed E-state index contributed by atoms with van der Waals surface area (Å²) in [4.78, 5) is 13.3. The van der Waals surface area contributed by atoms with Crippen LogP contribution in [0.5, 0.6) is 0 Å². The van der Waals surface area contributed by atoms with Crippen molar-refractivity contribution >= 4 is 29.5 Å². The highest BCUT2D eigenvalue weighted by molar-refractivity contribution is 8.03. The number of carbonyl (C=O) groups is 1. The quantitative estimate of drug-likeness (QED) is 0.397. The number of carbonyl (C=O) groups excluding carboxylic acids is 1. The van der Waals surface area contributed by atoms with Crippen LogP contribution in [0.25, 0.3) is 0 Å². The van der Waals surface area contributed by atoms with Gasteiger partial charge < -0.3 is 19.7 Å². The Kier molecular flexibility index (Phi) is 7.55. The van der Waals surface area contributed by atoms with Crippen molar-refractivity contribution in [2.24, 2.45) is 0 Å². The molecule has 0 unspecified atom stereocenters. The van der Waals surface area contributed by atoms with E-state index in [-0.39, 0.29) is 6.61 Å². The molecule has 4 atom stereocenters. The van der Waals surface area contributed by atoms with Crippen LogP contribution in [-0.2, 0) is 9.47 Å². The summed E-state index contributed by atoms with van der Waals surface area (Å²) in [7, 11) is 0. The van der Waals surface area contributed by atoms with Crippen LogP contribution in [-0.4, -0.2) is 51.8 Å². The highest BCUT2D eigenvalue weighted by atomic mass is 32.2. The lowest BCUT2D eigenvalue weighted by Gasteiger charge is -2.45. The van der Waals surface area contributed by atoms with E-state index in [4.69, 9.17) is 9.47 Å². The summed E-state index contributed by atoms with van der Waals surface area (Å²) in [5.41, 5.74) is 0.379. The predicted octanol–water partition coefficient (Wildman–Crippen LogP) is 4.24. The first-order valence-electron chi connectivity index (χ1n) is 10.3. The average molecular weight is 469 g/mol. The maximum absolute atomic E-state index is 12.4. The maximum atomic E-state index is 12.4. The molecule has 3 aromatic rings. The van der Waals surface area contributed by atoms with Crippen molar-refractivity contribution in [1.29, 1.82) is 0 Å². The normalized spacial score (nSPS) is 25.2. The predicted molar refractivity (Wildman–Crippen MR) is 126 cm³/mol. The molecule has 0 bridgehead atoms. The first-order chi connectivity index (χ1) is 15.6. The van der Waals surface area contributed by atoms with Crippen LogP contribution in [0.4, 0.5) is 0 Å². The average Bonchev–Trinajstić information content (AvgIpc) is 2.85. The fourth-order valence-corrected chi connectivity index (χ4v) is 5.85. The third kappa shape index (κ3) is 5.36. The van der Waals surface area contributed by atoms with Gasteiger partial charge in [0.05, 0.1) is 12.2 Å². The molecule has 1 saturated heterocycles. The number of aliphatic hydroxyl groups is 2. The zero-order chi connectivity index (χ0) is 22.4. The number of aliphatic hydroxyl groups excluding tert-OH is 2. The summed E-state index contributed by atoms with van der Waals surface area (Å²) in [5.74, 6) is -0.166. The minimum atomic E-state index is -1.29. The monoisotopic (exact) mass is 468 g/mol. The van der Waals surface area contributed by atoms with Gasteiger partial charge in [-0.3, -0.25) is 0 Å². The summed E-state index contributed by atoms with van der Waals surface area (Å²) >= 11 is 2.90. The molecule has 32 heavy (non-hydrogen) atoms. The minimum Gasteiger partial charge on any atom is -0.453 e. The van der Waals surface area contributed by atoms with E-state index in [0.29, 0.717) is 11.3 Å². The highest BCUT2D eigenvalue weighted by Gasteiger charge is 2.52. The molecular weight excluding hydrogens is 444 g/mol. The Labute approximate surface area is 195 Å². The molecule has 0 aromatic heterocycles. The van der Waals surface area contributed by atoms with Gasteiger partial charge in [-0.2, -0.15) is 0 Å². The van der Waals surface area contributed by atoms with E-state index < -0.39 is 29.2 Å². The van der Waals surface area contributed by atoms with E-state index in [1.54, 1.807) is 30.3 Å². The van der Waals surface area contributed by atoms with E-state index in [1.807, 2.05) is 60.7 Å². The lowest BCUT2D eigenvalue weighted by Crippen LogP contribution is -2.61. The number of hydrogen-bond acceptors (Lipinski definition) is 7. The largest absolute Gasteiger partial charge is 0.453 e. The van der Waals surface area contributed by atoms with Gasteiger partial charge in [0.1, 0.15) is 12.2 Å². The number of thioether (sulfide) groups is 2. The van der Waals surface area contributed by atoms with E-state index in [0.717, 1.165) is 9.79 Å². The van der Waals surface area contributed by atoms with Gasteiger partial charge in [-0.25, -0.2) is 4.79 Å². The van der Waals surface area contributed by atoms with Crippen molar-refractivity contribution in [3.05, 3.63) is 96.6 Å². The van der Waals surface area contributed by atoms with Crippen LogP contribution in [0.2, 0.25) is 0 Å². The number of esters is 1. The van der Waals surface area contributed by atoms with E-state index in [9.17, 15) is 15.0 Å². The van der Waals surface area contributed by atoms with Crippen molar-refractivity contribution in [3.8, 4) is 0 Å². The number of rotatable bonds is 7. The summed E-state index contributed by atoms with van der Waals surface area (Å²) in [6.45, 7) is -0.0218. The van der Waals surface area contributed by atoms with Crippen LogP contribution in [0.3, 0.4) is 0 Å². The second-order valence-electron chi connectivity index (χ2n) is 7.38. The van der Waals surface area contributed by atoms with Gasteiger partial charge in [0.15, 0.2) is 11.0 Å². The Balaban J connectivity index is 1.52. The molecule has 166 valence electrons. The van der Waals surface area contributed by atoms with E-state index in [1.165, 1.54) is 23.5 Å². The van der Waals surface area contributed by atoms with Crippen LogP contribution < -0.4 is 0 Å². The molecule has 1 aliphatic heterocycles. The Morgan fingerprint density at radius 3 is 2.09 bits per heavy atom. The Morgan fingerprint density at radius 1 is 0.906 bits per heavy atom. The van der Waals surface area contributed by atoms with Crippen LogP contribution in [0.15, 0.2) is 101 Å². The molecule has 1 aliphatic rings. The molecule has 7 heteroatoms. The molecule has 0 radical (unpaired) electrons. The maximum Gasteiger partial charge on any atom is 0.338 e. The van der Waals surface area contributed by atoms with Gasteiger partial charge >= 0.3 is 5.97 Å². The molecule has 4 rings (SSSR count). The van der Waals surface area contributed by atoms with Crippen molar-refractivity contribution in [2.45, 2.75) is 33.0 Å². The van der Waals surface area contributed by atoms with Gasteiger partial charge in [-0.1, -0.05) is 66.4 Å². The lowest BCUT2D eigenvalue weighted by molar-refractivity contribution is -0.194. The fraction of sp³-hybridized carbons (Fsp3) is 0.240. The second kappa shape index (κ2) is 10.6. The second-order valence-corrected chi connectivity index (χ2v) is 9.80. The Morgan fingerprint density at radius 2 is 1.47 bits per heavy atom. The molecule has 2 N–H and O–H groups in total. The summed E-state index contributed by atoms with van der Waals surface area (Å²) in [5, 5.41) is 22.1. The zero-order valence-corrected chi connectivity index (χ0v) is 18.9. The third-order valence-electron chi connectivity index (χ3n) is 5.13. The van der Waals surface area contributed by atoms with Crippen LogP contribution in [0.1, 0.15) is 10.4 Å². The summed E-state index contributed by atoms with van der Waals surface area (Å²) in [6, 6.07) is 28.0. The molecule has 0 aliphatic carbocycles. The van der Waals surface area contributed by atoms with Gasteiger partial charge in [0.2, 0.25) is 0 Å². The lowest BCUT2D eigenvalue weighted by atomic mass is 10.0. The molecule has 0 amide bonds. The number of benzene rings is 3. The minimum absolute atomic E-state index is 0.0218. The van der Waals surface area contributed by atoms with E-state index in [2.05, 4.69) is 0 Å². The molecule has 1 heterocycles. The van der Waals surface area contributed by atoms with E-state index >= 15 is 0 Å². The topological polar surface area (TPSA) is 76.0 Å². The van der Waals surface area contributed by atoms with Crippen molar-refractivity contribution < 1.29 is 24.5 Å². The molecule has 0 saturated carbocycles. The smallest absolute Gasteiger partial charge is 0.338 e. The standard InChI is InChI=1S/C25H24O5S2/c26-22-21(30-24(28)18-10-4-1-5-11-18)16-29-25(23(22)27,32-20-14-8-3-9-15-20)17-31-19-12-6-2-7-13-19/h1-15,21-23,26-27H,16-17H2/t21-,22-,23+,25+/m1/s1. The van der Waals surface area contributed by atoms with Crippen molar-refractivity contribution in [1.82, 2.24) is 0 Å². The SMILES string of the molecule is O=C(O[C@@H]1CO[C@@](CSc2ccccc2)(Sc2ccccc2)[C@@H](O)[C@@H]1O)c1ccccc1. The zero-order valence-electron chi connectivity index (χ0n) is 17.2. The Bertz CT molecular complexity index is 1000. The number of ether oxygens (including phenoxy) is 2.